The molecule has 0 bridgehead atoms. The van der Waals surface area contributed by atoms with Gasteiger partial charge in [-0.3, -0.25) is 4.79 Å². The van der Waals surface area contributed by atoms with Crippen molar-refractivity contribution in [3.63, 3.8) is 0 Å². The fourth-order valence-electron chi connectivity index (χ4n) is 1.43. The van der Waals surface area contributed by atoms with Crippen LogP contribution in [0.3, 0.4) is 0 Å². The molecule has 0 saturated heterocycles. The number of carbonyl (C=O) groups is 2. The van der Waals surface area contributed by atoms with E-state index in [0.29, 0.717) is 31.5 Å². The zero-order chi connectivity index (χ0) is 13.4. The van der Waals surface area contributed by atoms with Crippen LogP contribution >= 0.6 is 0 Å². The molecule has 1 aromatic carbocycles. The second-order valence-corrected chi connectivity index (χ2v) is 3.98. The maximum absolute atomic E-state index is 13.2. The van der Waals surface area contributed by atoms with E-state index in [4.69, 9.17) is 0 Å². The van der Waals surface area contributed by atoms with Gasteiger partial charge in [0.15, 0.2) is 0 Å². The van der Waals surface area contributed by atoms with Crippen molar-refractivity contribution in [2.75, 3.05) is 13.1 Å². The SMILES string of the molecule is CC(=O)CCNC(=O)NCCc1ccccc1F. The Bertz CT molecular complexity index is 421. The van der Waals surface area contributed by atoms with E-state index in [0.717, 1.165) is 0 Å². The van der Waals surface area contributed by atoms with Crippen molar-refractivity contribution in [2.45, 2.75) is 19.8 Å². The van der Waals surface area contributed by atoms with Crippen LogP contribution in [0.2, 0.25) is 0 Å². The summed E-state index contributed by atoms with van der Waals surface area (Å²) >= 11 is 0. The predicted octanol–water partition coefficient (Wildman–Crippen LogP) is 1.65. The first-order valence-electron chi connectivity index (χ1n) is 5.84. The summed E-state index contributed by atoms with van der Waals surface area (Å²) in [7, 11) is 0. The van der Waals surface area contributed by atoms with E-state index in [2.05, 4.69) is 10.6 Å². The highest BCUT2D eigenvalue weighted by Gasteiger charge is 2.03. The van der Waals surface area contributed by atoms with Crippen LogP contribution in [0, 0.1) is 5.82 Å². The van der Waals surface area contributed by atoms with E-state index in [1.807, 2.05) is 0 Å². The molecular formula is C13H17FN2O2. The molecule has 0 spiro atoms. The van der Waals surface area contributed by atoms with E-state index in [9.17, 15) is 14.0 Å². The molecule has 0 aromatic heterocycles. The van der Waals surface area contributed by atoms with Gasteiger partial charge in [0.05, 0.1) is 0 Å². The van der Waals surface area contributed by atoms with Crippen molar-refractivity contribution >= 4 is 11.8 Å². The first-order chi connectivity index (χ1) is 8.59. The van der Waals surface area contributed by atoms with Crippen LogP contribution in [0.25, 0.3) is 0 Å². The van der Waals surface area contributed by atoms with Gasteiger partial charge in [0.1, 0.15) is 11.6 Å². The summed E-state index contributed by atoms with van der Waals surface area (Å²) in [5.74, 6) is -0.238. The van der Waals surface area contributed by atoms with Gasteiger partial charge in [0.2, 0.25) is 0 Å². The number of amides is 2. The number of urea groups is 1. The van der Waals surface area contributed by atoms with Gasteiger partial charge in [-0.05, 0) is 25.0 Å². The Morgan fingerprint density at radius 2 is 1.83 bits per heavy atom. The van der Waals surface area contributed by atoms with Gasteiger partial charge in [-0.25, -0.2) is 9.18 Å². The maximum atomic E-state index is 13.2. The Kier molecular flexibility index (Phi) is 5.84. The van der Waals surface area contributed by atoms with E-state index < -0.39 is 0 Å². The molecule has 2 N–H and O–H groups in total. The minimum absolute atomic E-state index is 0.0293. The van der Waals surface area contributed by atoms with Crippen LogP contribution in [0.1, 0.15) is 18.9 Å². The Balaban J connectivity index is 2.20. The second kappa shape index (κ2) is 7.42. The van der Waals surface area contributed by atoms with Gasteiger partial charge in [-0.1, -0.05) is 18.2 Å². The molecule has 0 aliphatic carbocycles. The molecule has 0 aliphatic heterocycles. The summed E-state index contributed by atoms with van der Waals surface area (Å²) in [5.41, 5.74) is 0.571. The standard InChI is InChI=1S/C13H17FN2O2/c1-10(17)6-8-15-13(18)16-9-7-11-4-2-3-5-12(11)14/h2-5H,6-9H2,1H3,(H2,15,16,18). The number of benzene rings is 1. The molecular weight excluding hydrogens is 235 g/mol. The van der Waals surface area contributed by atoms with Crippen molar-refractivity contribution in [1.82, 2.24) is 10.6 Å². The third-order valence-electron chi connectivity index (χ3n) is 2.40. The zero-order valence-corrected chi connectivity index (χ0v) is 10.3. The molecule has 0 atom stereocenters. The minimum Gasteiger partial charge on any atom is -0.338 e. The van der Waals surface area contributed by atoms with Crippen molar-refractivity contribution in [2.24, 2.45) is 0 Å². The van der Waals surface area contributed by atoms with Gasteiger partial charge in [-0.2, -0.15) is 0 Å². The first-order valence-corrected chi connectivity index (χ1v) is 5.84. The van der Waals surface area contributed by atoms with Gasteiger partial charge in [0, 0.05) is 19.5 Å². The number of Topliss-reactive ketones (excluding diaryl/α,β-unsaturated/α-hetero) is 1. The molecule has 2 amide bonds. The summed E-state index contributed by atoms with van der Waals surface area (Å²) in [6.07, 6.45) is 0.757. The molecule has 5 heteroatoms. The zero-order valence-electron chi connectivity index (χ0n) is 10.3. The van der Waals surface area contributed by atoms with E-state index in [1.165, 1.54) is 13.0 Å². The Labute approximate surface area is 106 Å². The normalized spacial score (nSPS) is 9.89. The van der Waals surface area contributed by atoms with Gasteiger partial charge < -0.3 is 10.6 Å². The minimum atomic E-state index is -0.340. The average molecular weight is 252 g/mol. The van der Waals surface area contributed by atoms with Gasteiger partial charge >= 0.3 is 6.03 Å². The number of hydrogen-bond acceptors (Lipinski definition) is 2. The summed E-state index contributed by atoms with van der Waals surface area (Å²) in [6, 6.07) is 6.12. The summed E-state index contributed by atoms with van der Waals surface area (Å²) in [6.45, 7) is 2.14. The van der Waals surface area contributed by atoms with Crippen LogP contribution in [0.15, 0.2) is 24.3 Å². The highest BCUT2D eigenvalue weighted by Crippen LogP contribution is 2.05. The molecule has 0 fully saturated rings. The van der Waals surface area contributed by atoms with Gasteiger partial charge in [0.25, 0.3) is 0 Å². The van der Waals surface area contributed by atoms with Gasteiger partial charge in [-0.15, -0.1) is 0 Å². The predicted molar refractivity (Wildman–Crippen MR) is 66.8 cm³/mol. The Hall–Kier alpha value is -1.91. The number of carbonyl (C=O) groups excluding carboxylic acids is 2. The van der Waals surface area contributed by atoms with E-state index in [-0.39, 0.29) is 17.6 Å². The lowest BCUT2D eigenvalue weighted by molar-refractivity contribution is -0.116. The van der Waals surface area contributed by atoms with Crippen LogP contribution in [0.5, 0.6) is 0 Å². The molecule has 98 valence electrons. The molecule has 1 aromatic rings. The van der Waals surface area contributed by atoms with Crippen LogP contribution in [-0.2, 0) is 11.2 Å². The van der Waals surface area contributed by atoms with Crippen molar-refractivity contribution in [1.29, 1.82) is 0 Å². The maximum Gasteiger partial charge on any atom is 0.314 e. The molecule has 0 unspecified atom stereocenters. The third kappa shape index (κ3) is 5.43. The number of halogens is 1. The highest BCUT2D eigenvalue weighted by molar-refractivity contribution is 5.77. The number of ketones is 1. The monoisotopic (exact) mass is 252 g/mol. The van der Waals surface area contributed by atoms with Crippen molar-refractivity contribution < 1.29 is 14.0 Å². The molecule has 0 aliphatic rings. The molecule has 4 nitrogen and oxygen atoms in total. The molecule has 0 radical (unpaired) electrons. The molecule has 0 saturated carbocycles. The fraction of sp³-hybridized carbons (Fsp3) is 0.385. The lowest BCUT2D eigenvalue weighted by Gasteiger charge is -2.07. The fourth-order valence-corrected chi connectivity index (χ4v) is 1.43. The van der Waals surface area contributed by atoms with E-state index >= 15 is 0 Å². The average Bonchev–Trinajstić information content (AvgIpc) is 2.31. The second-order valence-electron chi connectivity index (χ2n) is 3.98. The summed E-state index contributed by atoms with van der Waals surface area (Å²) in [4.78, 5) is 21.9. The third-order valence-corrected chi connectivity index (χ3v) is 2.40. The lowest BCUT2D eigenvalue weighted by Crippen LogP contribution is -2.37. The summed E-state index contributed by atoms with van der Waals surface area (Å²) in [5, 5.41) is 5.15. The van der Waals surface area contributed by atoms with Crippen molar-refractivity contribution in [3.8, 4) is 0 Å². The Morgan fingerprint density at radius 3 is 2.50 bits per heavy atom. The quantitative estimate of drug-likeness (QED) is 0.808. The number of rotatable bonds is 6. The molecule has 18 heavy (non-hydrogen) atoms. The number of hydrogen-bond donors (Lipinski definition) is 2. The number of nitrogens with one attached hydrogen (secondary N) is 2. The molecule has 0 heterocycles. The smallest absolute Gasteiger partial charge is 0.314 e. The van der Waals surface area contributed by atoms with Crippen LogP contribution < -0.4 is 10.6 Å². The van der Waals surface area contributed by atoms with E-state index in [1.54, 1.807) is 18.2 Å². The molecule has 1 rings (SSSR count). The largest absolute Gasteiger partial charge is 0.338 e. The topological polar surface area (TPSA) is 58.2 Å². The lowest BCUT2D eigenvalue weighted by atomic mass is 10.1. The first kappa shape index (κ1) is 14.2. The highest BCUT2D eigenvalue weighted by atomic mass is 19.1. The summed E-state index contributed by atoms with van der Waals surface area (Å²) < 4.78 is 13.2. The Morgan fingerprint density at radius 1 is 1.17 bits per heavy atom. The van der Waals surface area contributed by atoms with Crippen molar-refractivity contribution in [3.05, 3.63) is 35.6 Å². The van der Waals surface area contributed by atoms with Crippen LogP contribution in [-0.4, -0.2) is 24.9 Å². The van der Waals surface area contributed by atoms with Crippen LogP contribution in [0.4, 0.5) is 9.18 Å².